The van der Waals surface area contributed by atoms with Crippen molar-refractivity contribution in [1.29, 1.82) is 0 Å². The molecule has 1 aliphatic rings. The first-order chi connectivity index (χ1) is 10.4. The SMILES string of the molecule is Cc1csc(N2CCN(c3nccc(C(F)(F)F)n3)CC2)n1. The lowest BCUT2D eigenvalue weighted by Crippen LogP contribution is -2.47. The van der Waals surface area contributed by atoms with Gasteiger partial charge in [-0.2, -0.15) is 13.2 Å². The van der Waals surface area contributed by atoms with Gasteiger partial charge in [-0.05, 0) is 13.0 Å². The Morgan fingerprint density at radius 3 is 2.36 bits per heavy atom. The summed E-state index contributed by atoms with van der Waals surface area (Å²) in [7, 11) is 0. The number of thiazole rings is 1. The number of anilines is 2. The number of aryl methyl sites for hydroxylation is 1. The number of rotatable bonds is 2. The van der Waals surface area contributed by atoms with E-state index in [0.717, 1.165) is 23.1 Å². The number of hydrogen-bond donors (Lipinski definition) is 0. The quantitative estimate of drug-likeness (QED) is 0.847. The zero-order valence-corrected chi connectivity index (χ0v) is 12.7. The molecule has 22 heavy (non-hydrogen) atoms. The Hall–Kier alpha value is -1.90. The lowest BCUT2D eigenvalue weighted by Gasteiger charge is -2.34. The third-order valence-corrected chi connectivity index (χ3v) is 4.39. The van der Waals surface area contributed by atoms with Gasteiger partial charge in [0.25, 0.3) is 0 Å². The molecule has 0 amide bonds. The molecule has 1 fully saturated rings. The Labute approximate surface area is 129 Å². The predicted octanol–water partition coefficient (Wildman–Crippen LogP) is 2.59. The number of halogens is 3. The molecule has 5 nitrogen and oxygen atoms in total. The molecule has 0 bridgehead atoms. The molecule has 2 aromatic heterocycles. The second-order valence-electron chi connectivity index (χ2n) is 4.99. The van der Waals surface area contributed by atoms with Gasteiger partial charge in [0.05, 0.1) is 5.69 Å². The van der Waals surface area contributed by atoms with Gasteiger partial charge in [0, 0.05) is 37.8 Å². The first kappa shape index (κ1) is 15.0. The summed E-state index contributed by atoms with van der Waals surface area (Å²) >= 11 is 1.58. The highest BCUT2D eigenvalue weighted by molar-refractivity contribution is 7.13. The Kier molecular flexibility index (Phi) is 3.90. The zero-order valence-electron chi connectivity index (χ0n) is 11.8. The van der Waals surface area contributed by atoms with Crippen molar-refractivity contribution in [2.24, 2.45) is 0 Å². The van der Waals surface area contributed by atoms with Gasteiger partial charge in [-0.25, -0.2) is 15.0 Å². The Morgan fingerprint density at radius 2 is 1.77 bits per heavy atom. The Bertz CT molecular complexity index is 649. The molecule has 0 saturated carbocycles. The minimum absolute atomic E-state index is 0.129. The average molecular weight is 329 g/mol. The van der Waals surface area contributed by atoms with Crippen LogP contribution in [0.15, 0.2) is 17.6 Å². The summed E-state index contributed by atoms with van der Waals surface area (Å²) in [6.07, 6.45) is -3.29. The molecule has 0 unspecified atom stereocenters. The van der Waals surface area contributed by atoms with Gasteiger partial charge in [-0.1, -0.05) is 0 Å². The highest BCUT2D eigenvalue weighted by atomic mass is 32.1. The highest BCUT2D eigenvalue weighted by Crippen LogP contribution is 2.28. The number of hydrogen-bond acceptors (Lipinski definition) is 6. The fraction of sp³-hybridized carbons (Fsp3) is 0.462. The van der Waals surface area contributed by atoms with Gasteiger partial charge in [-0.15, -0.1) is 11.3 Å². The largest absolute Gasteiger partial charge is 0.433 e. The zero-order chi connectivity index (χ0) is 15.7. The molecule has 1 aliphatic heterocycles. The van der Waals surface area contributed by atoms with Crippen molar-refractivity contribution >= 4 is 22.4 Å². The van der Waals surface area contributed by atoms with Crippen molar-refractivity contribution in [3.8, 4) is 0 Å². The summed E-state index contributed by atoms with van der Waals surface area (Å²) in [6, 6.07) is 0.887. The van der Waals surface area contributed by atoms with E-state index in [-0.39, 0.29) is 5.95 Å². The Morgan fingerprint density at radius 1 is 1.09 bits per heavy atom. The van der Waals surface area contributed by atoms with E-state index in [1.807, 2.05) is 12.3 Å². The van der Waals surface area contributed by atoms with Crippen LogP contribution >= 0.6 is 11.3 Å². The van der Waals surface area contributed by atoms with Crippen molar-refractivity contribution in [1.82, 2.24) is 15.0 Å². The van der Waals surface area contributed by atoms with E-state index < -0.39 is 11.9 Å². The van der Waals surface area contributed by atoms with Crippen molar-refractivity contribution < 1.29 is 13.2 Å². The molecule has 3 heterocycles. The van der Waals surface area contributed by atoms with Crippen LogP contribution in [0, 0.1) is 6.92 Å². The summed E-state index contributed by atoms with van der Waals surface area (Å²) in [6.45, 7) is 4.45. The number of aromatic nitrogens is 3. The van der Waals surface area contributed by atoms with Crippen molar-refractivity contribution in [3.05, 3.63) is 29.0 Å². The van der Waals surface area contributed by atoms with E-state index in [0.29, 0.717) is 26.2 Å². The normalized spacial score (nSPS) is 16.2. The second kappa shape index (κ2) is 5.71. The van der Waals surface area contributed by atoms with E-state index >= 15 is 0 Å². The van der Waals surface area contributed by atoms with Crippen LogP contribution < -0.4 is 9.80 Å². The first-order valence-corrected chi connectivity index (χ1v) is 7.64. The van der Waals surface area contributed by atoms with Crippen LogP contribution in [0.5, 0.6) is 0 Å². The van der Waals surface area contributed by atoms with Crippen molar-refractivity contribution in [2.75, 3.05) is 36.0 Å². The van der Waals surface area contributed by atoms with Crippen molar-refractivity contribution in [2.45, 2.75) is 13.1 Å². The van der Waals surface area contributed by atoms with Crippen molar-refractivity contribution in [3.63, 3.8) is 0 Å². The van der Waals surface area contributed by atoms with Crippen LogP contribution in [0.3, 0.4) is 0 Å². The maximum absolute atomic E-state index is 12.7. The van der Waals surface area contributed by atoms with E-state index in [9.17, 15) is 13.2 Å². The van der Waals surface area contributed by atoms with Gasteiger partial charge in [-0.3, -0.25) is 0 Å². The summed E-state index contributed by atoms with van der Waals surface area (Å²) in [4.78, 5) is 15.9. The summed E-state index contributed by atoms with van der Waals surface area (Å²) in [5, 5.41) is 2.93. The van der Waals surface area contributed by atoms with Crippen LogP contribution in [0.2, 0.25) is 0 Å². The molecule has 1 saturated heterocycles. The monoisotopic (exact) mass is 329 g/mol. The molecular weight excluding hydrogens is 315 g/mol. The standard InChI is InChI=1S/C13H14F3N5S/c1-9-8-22-12(18-9)21-6-4-20(5-7-21)11-17-3-2-10(19-11)13(14,15)16/h2-3,8H,4-7H2,1H3. The minimum atomic E-state index is -4.45. The van der Waals surface area contributed by atoms with Crippen LogP contribution in [0.4, 0.5) is 24.3 Å². The van der Waals surface area contributed by atoms with E-state index in [1.54, 1.807) is 16.2 Å². The maximum atomic E-state index is 12.7. The number of alkyl halides is 3. The average Bonchev–Trinajstić information content (AvgIpc) is 2.93. The molecule has 0 aromatic carbocycles. The fourth-order valence-electron chi connectivity index (χ4n) is 2.24. The van der Waals surface area contributed by atoms with Gasteiger partial charge in [0.1, 0.15) is 5.69 Å². The molecule has 0 radical (unpaired) electrons. The third kappa shape index (κ3) is 3.13. The summed E-state index contributed by atoms with van der Waals surface area (Å²) in [5.74, 6) is 0.129. The molecule has 0 N–H and O–H groups in total. The molecule has 9 heteroatoms. The van der Waals surface area contributed by atoms with Crippen LogP contribution in [-0.4, -0.2) is 41.1 Å². The van der Waals surface area contributed by atoms with E-state index in [1.165, 1.54) is 0 Å². The maximum Gasteiger partial charge on any atom is 0.433 e. The molecule has 2 aromatic rings. The molecule has 3 rings (SSSR count). The number of nitrogens with zero attached hydrogens (tertiary/aromatic N) is 5. The lowest BCUT2D eigenvalue weighted by molar-refractivity contribution is -0.141. The first-order valence-electron chi connectivity index (χ1n) is 6.76. The molecular formula is C13H14F3N5S. The highest BCUT2D eigenvalue weighted by Gasteiger charge is 2.33. The summed E-state index contributed by atoms with van der Waals surface area (Å²) < 4.78 is 38.1. The minimum Gasteiger partial charge on any atom is -0.345 e. The Balaban J connectivity index is 1.69. The smallest absolute Gasteiger partial charge is 0.345 e. The predicted molar refractivity (Wildman–Crippen MR) is 78.3 cm³/mol. The van der Waals surface area contributed by atoms with Gasteiger partial charge in [0.15, 0.2) is 5.13 Å². The molecule has 0 spiro atoms. The van der Waals surface area contributed by atoms with E-state index in [2.05, 4.69) is 19.9 Å². The fourth-order valence-corrected chi connectivity index (χ4v) is 3.10. The summed E-state index contributed by atoms with van der Waals surface area (Å²) in [5.41, 5.74) is 0.0686. The van der Waals surface area contributed by atoms with Gasteiger partial charge in [0.2, 0.25) is 5.95 Å². The van der Waals surface area contributed by atoms with Crippen LogP contribution in [0.25, 0.3) is 0 Å². The van der Waals surface area contributed by atoms with Gasteiger partial charge >= 0.3 is 6.18 Å². The van der Waals surface area contributed by atoms with Crippen LogP contribution in [0.1, 0.15) is 11.4 Å². The third-order valence-electron chi connectivity index (χ3n) is 3.37. The molecule has 0 atom stereocenters. The lowest BCUT2D eigenvalue weighted by atomic mass is 10.3. The second-order valence-corrected chi connectivity index (χ2v) is 5.82. The number of piperazine rings is 1. The van der Waals surface area contributed by atoms with Crippen LogP contribution in [-0.2, 0) is 6.18 Å². The molecule has 118 valence electrons. The van der Waals surface area contributed by atoms with E-state index in [4.69, 9.17) is 0 Å². The van der Waals surface area contributed by atoms with Gasteiger partial charge < -0.3 is 9.80 Å². The topological polar surface area (TPSA) is 45.2 Å². The molecule has 0 aliphatic carbocycles.